The molecule has 0 aliphatic carbocycles. The summed E-state index contributed by atoms with van der Waals surface area (Å²) in [5, 5.41) is 16.9. The van der Waals surface area contributed by atoms with Crippen molar-refractivity contribution in [2.45, 2.75) is 39.6 Å². The number of piperidine rings is 1. The summed E-state index contributed by atoms with van der Waals surface area (Å²) >= 11 is 3.30. The maximum Gasteiger partial charge on any atom is 0.376 e. The smallest absolute Gasteiger partial charge is 0.376 e. The van der Waals surface area contributed by atoms with Crippen LogP contribution >= 0.6 is 15.9 Å². The summed E-state index contributed by atoms with van der Waals surface area (Å²) in [6.07, 6.45) is 1.79. The molecular weight excluding hydrogens is 351 g/mol. The van der Waals surface area contributed by atoms with Crippen LogP contribution in [0.1, 0.15) is 43.1 Å². The number of amides is 1. The van der Waals surface area contributed by atoms with Gasteiger partial charge >= 0.3 is 7.05 Å². The first-order valence-corrected chi connectivity index (χ1v) is 8.09. The van der Waals surface area contributed by atoms with Gasteiger partial charge in [0.15, 0.2) is 5.78 Å². The molecular formula is C13H20BBrN4O3. The van der Waals surface area contributed by atoms with Crippen molar-refractivity contribution >= 4 is 40.5 Å². The second-order valence-corrected chi connectivity index (χ2v) is 6.37. The molecule has 0 aromatic carbocycles. The minimum Gasteiger partial charge on any atom is -0.437 e. The molecule has 1 unspecified atom stereocenters. The van der Waals surface area contributed by atoms with Crippen LogP contribution in [0.4, 0.5) is 5.82 Å². The van der Waals surface area contributed by atoms with Crippen molar-refractivity contribution in [2.24, 2.45) is 0 Å². The van der Waals surface area contributed by atoms with Gasteiger partial charge in [0, 0.05) is 13.5 Å². The van der Waals surface area contributed by atoms with Crippen molar-refractivity contribution in [1.29, 1.82) is 0 Å². The Morgan fingerprint density at radius 1 is 1.45 bits per heavy atom. The molecule has 1 fully saturated rings. The first-order chi connectivity index (χ1) is 10.3. The van der Waals surface area contributed by atoms with Crippen LogP contribution in [-0.4, -0.2) is 51.4 Å². The molecule has 1 saturated heterocycles. The highest BCUT2D eigenvalue weighted by Crippen LogP contribution is 2.31. The largest absolute Gasteiger partial charge is 0.437 e. The van der Waals surface area contributed by atoms with Gasteiger partial charge in [-0.15, -0.1) is 0 Å². The normalized spacial score (nSPS) is 19.0. The number of hydrogen-bond donors (Lipinski definition) is 2. The number of aromatic nitrogens is 2. The molecule has 0 saturated carbocycles. The minimum atomic E-state index is -0.529. The van der Waals surface area contributed by atoms with E-state index < -0.39 is 7.05 Å². The first-order valence-electron chi connectivity index (χ1n) is 7.30. The molecule has 22 heavy (non-hydrogen) atoms. The molecule has 2 heterocycles. The topological polar surface area (TPSA) is 87.5 Å². The maximum atomic E-state index is 11.9. The molecule has 1 amide bonds. The number of nitrogens with one attached hydrogen (secondary N) is 1. The van der Waals surface area contributed by atoms with E-state index in [2.05, 4.69) is 26.3 Å². The summed E-state index contributed by atoms with van der Waals surface area (Å²) in [5.74, 6) is 0.00808. The third kappa shape index (κ3) is 3.58. The fraction of sp³-hybridized carbons (Fsp3) is 0.615. The van der Waals surface area contributed by atoms with Crippen molar-refractivity contribution in [2.75, 3.05) is 18.4 Å². The number of anilines is 1. The third-order valence-electron chi connectivity index (χ3n) is 3.82. The lowest BCUT2D eigenvalue weighted by Crippen LogP contribution is -2.45. The van der Waals surface area contributed by atoms with E-state index in [1.165, 1.54) is 13.8 Å². The zero-order valence-electron chi connectivity index (χ0n) is 13.0. The van der Waals surface area contributed by atoms with Crippen LogP contribution in [-0.2, 0) is 4.79 Å². The predicted molar refractivity (Wildman–Crippen MR) is 87.9 cm³/mol. The first kappa shape index (κ1) is 17.2. The van der Waals surface area contributed by atoms with Crippen LogP contribution in [0.25, 0.3) is 0 Å². The highest BCUT2D eigenvalue weighted by atomic mass is 79.9. The lowest BCUT2D eigenvalue weighted by molar-refractivity contribution is -0.114. The van der Waals surface area contributed by atoms with Crippen LogP contribution < -0.4 is 5.32 Å². The van der Waals surface area contributed by atoms with E-state index in [4.69, 9.17) is 0 Å². The minimum absolute atomic E-state index is 0.00500. The number of rotatable bonds is 4. The Hall–Kier alpha value is -1.19. The van der Waals surface area contributed by atoms with Crippen molar-refractivity contribution in [3.05, 3.63) is 10.2 Å². The molecule has 1 aliphatic rings. The summed E-state index contributed by atoms with van der Waals surface area (Å²) in [4.78, 5) is 25.3. The van der Waals surface area contributed by atoms with Gasteiger partial charge in [-0.3, -0.25) is 9.59 Å². The van der Waals surface area contributed by atoms with Crippen LogP contribution in [0.3, 0.4) is 0 Å². The maximum absolute atomic E-state index is 11.9. The van der Waals surface area contributed by atoms with Crippen molar-refractivity contribution in [1.82, 2.24) is 14.6 Å². The Labute approximate surface area is 138 Å². The van der Waals surface area contributed by atoms with E-state index in [-0.39, 0.29) is 17.7 Å². The Kier molecular flexibility index (Phi) is 5.41. The lowest BCUT2D eigenvalue weighted by Gasteiger charge is -2.34. The average molecular weight is 371 g/mol. The van der Waals surface area contributed by atoms with Gasteiger partial charge in [-0.05, 0) is 49.1 Å². The quantitative estimate of drug-likeness (QED) is 0.620. The summed E-state index contributed by atoms with van der Waals surface area (Å²) in [6, 6.07) is -0.00500. The number of nitrogens with zero attached hydrogens (tertiary/aromatic N) is 3. The SMILES string of the molecule is CB(O)N1CCCC(n2nc(Br)c(C(C)=O)c2NC(C)=O)C1. The molecule has 1 aromatic rings. The third-order valence-corrected chi connectivity index (χ3v) is 4.37. The van der Waals surface area contributed by atoms with Crippen molar-refractivity contribution in [3.63, 3.8) is 0 Å². The summed E-state index contributed by atoms with van der Waals surface area (Å²) in [6.45, 7) is 6.02. The Morgan fingerprint density at radius 2 is 2.14 bits per heavy atom. The van der Waals surface area contributed by atoms with Gasteiger partial charge in [0.25, 0.3) is 0 Å². The highest BCUT2D eigenvalue weighted by molar-refractivity contribution is 9.10. The molecule has 1 aromatic heterocycles. The lowest BCUT2D eigenvalue weighted by atomic mass is 9.82. The number of ketones is 1. The Morgan fingerprint density at radius 3 is 2.68 bits per heavy atom. The molecule has 0 bridgehead atoms. The van der Waals surface area contributed by atoms with Gasteiger partial charge in [0.1, 0.15) is 10.4 Å². The number of carbonyl (C=O) groups is 2. The van der Waals surface area contributed by atoms with Crippen molar-refractivity contribution in [3.8, 4) is 0 Å². The molecule has 1 aliphatic heterocycles. The fourth-order valence-electron chi connectivity index (χ4n) is 2.79. The number of carbonyl (C=O) groups excluding carboxylic acids is 2. The predicted octanol–water partition coefficient (Wildman–Crippen LogP) is 1.55. The monoisotopic (exact) mass is 370 g/mol. The molecule has 0 radical (unpaired) electrons. The summed E-state index contributed by atoms with van der Waals surface area (Å²) < 4.78 is 2.12. The van der Waals surface area contributed by atoms with Gasteiger partial charge < -0.3 is 15.2 Å². The van der Waals surface area contributed by atoms with E-state index in [0.29, 0.717) is 22.5 Å². The van der Waals surface area contributed by atoms with Gasteiger partial charge in [-0.1, -0.05) is 0 Å². The molecule has 2 N–H and O–H groups in total. The van der Waals surface area contributed by atoms with Crippen LogP contribution in [0.5, 0.6) is 0 Å². The van der Waals surface area contributed by atoms with E-state index in [9.17, 15) is 14.6 Å². The van der Waals surface area contributed by atoms with Crippen LogP contribution in [0.15, 0.2) is 4.60 Å². The zero-order valence-corrected chi connectivity index (χ0v) is 14.6. The van der Waals surface area contributed by atoms with E-state index in [1.807, 2.05) is 4.81 Å². The van der Waals surface area contributed by atoms with Gasteiger partial charge in [0.2, 0.25) is 5.91 Å². The summed E-state index contributed by atoms with van der Waals surface area (Å²) in [7, 11) is -0.529. The molecule has 1 atom stereocenters. The van der Waals surface area contributed by atoms with Crippen molar-refractivity contribution < 1.29 is 14.6 Å². The van der Waals surface area contributed by atoms with E-state index in [1.54, 1.807) is 11.5 Å². The number of halogens is 1. The number of hydrogen-bond acceptors (Lipinski definition) is 5. The van der Waals surface area contributed by atoms with Gasteiger partial charge in [0.05, 0.1) is 11.6 Å². The summed E-state index contributed by atoms with van der Waals surface area (Å²) in [5.41, 5.74) is 0.379. The van der Waals surface area contributed by atoms with Crippen LogP contribution in [0.2, 0.25) is 6.82 Å². The fourth-order valence-corrected chi connectivity index (χ4v) is 3.43. The Balaban J connectivity index is 2.39. The second-order valence-electron chi connectivity index (χ2n) is 5.62. The highest BCUT2D eigenvalue weighted by Gasteiger charge is 2.30. The molecule has 120 valence electrons. The zero-order chi connectivity index (χ0) is 16.4. The standard InChI is InChI=1S/C13H20BBrN4O3/c1-8(20)11-12(15)17-19(13(11)16-9(2)21)10-5-4-6-18(7-10)14(3)22/h10,22H,4-7H2,1-3H3,(H,16,21). The van der Waals surface area contributed by atoms with Gasteiger partial charge in [-0.2, -0.15) is 5.10 Å². The van der Waals surface area contributed by atoms with Gasteiger partial charge in [-0.25, -0.2) is 4.68 Å². The molecule has 0 spiro atoms. The second kappa shape index (κ2) is 6.93. The Bertz CT molecular complexity index is 590. The van der Waals surface area contributed by atoms with Crippen LogP contribution in [0, 0.1) is 0 Å². The molecule has 7 nitrogen and oxygen atoms in total. The average Bonchev–Trinajstić information content (AvgIpc) is 2.74. The number of Topliss-reactive ketones (excluding diaryl/α,β-unsaturated/α-hetero) is 1. The van der Waals surface area contributed by atoms with E-state index >= 15 is 0 Å². The molecule has 2 rings (SSSR count). The van der Waals surface area contributed by atoms with E-state index in [0.717, 1.165) is 19.4 Å². The molecule has 9 heteroatoms.